The van der Waals surface area contributed by atoms with E-state index in [1.54, 1.807) is 24.4 Å². The third kappa shape index (κ3) is 2.16. The zero-order valence-electron chi connectivity index (χ0n) is 12.8. The monoisotopic (exact) mass is 314 g/mol. The Morgan fingerprint density at radius 1 is 0.792 bits per heavy atom. The maximum absolute atomic E-state index is 13.1. The molecule has 116 valence electrons. The number of hydrogen-bond acceptors (Lipinski definition) is 2. The van der Waals surface area contributed by atoms with E-state index >= 15 is 0 Å². The Morgan fingerprint density at radius 3 is 2.12 bits per heavy atom. The molecule has 0 N–H and O–H groups in total. The van der Waals surface area contributed by atoms with E-state index in [1.165, 1.54) is 8.97 Å². The number of rotatable bonds is 2. The van der Waals surface area contributed by atoms with Crippen molar-refractivity contribution in [3.05, 3.63) is 95.4 Å². The summed E-state index contributed by atoms with van der Waals surface area (Å²) in [5, 5.41) is 13.1. The van der Waals surface area contributed by atoms with Crippen molar-refractivity contribution in [3.8, 4) is 22.8 Å². The van der Waals surface area contributed by atoms with Gasteiger partial charge >= 0.3 is 5.56 Å². The molecule has 2 heterocycles. The van der Waals surface area contributed by atoms with Crippen LogP contribution in [0.4, 0.5) is 0 Å². The standard InChI is InChI=1S/C20H14N2O2/c23-19-17-13-7-8-14-21(17)20(24)18(15-9-3-1-4-10-15)22(19)16-11-5-2-6-12-16/h1-14H. The molecule has 2 aromatic carbocycles. The van der Waals surface area contributed by atoms with Crippen molar-refractivity contribution in [1.82, 2.24) is 4.57 Å². The molecule has 0 aliphatic rings. The van der Waals surface area contributed by atoms with Gasteiger partial charge in [-0.25, -0.2) is 0 Å². The summed E-state index contributed by atoms with van der Waals surface area (Å²) in [6, 6.07) is 23.7. The lowest BCUT2D eigenvalue weighted by molar-refractivity contribution is -0.585. The van der Waals surface area contributed by atoms with Crippen molar-refractivity contribution in [2.24, 2.45) is 0 Å². The van der Waals surface area contributed by atoms with Gasteiger partial charge < -0.3 is 5.11 Å². The number of pyridine rings is 1. The van der Waals surface area contributed by atoms with Crippen molar-refractivity contribution in [3.63, 3.8) is 0 Å². The van der Waals surface area contributed by atoms with Crippen LogP contribution >= 0.6 is 0 Å². The number of nitrogens with zero attached hydrogens (tertiary/aromatic N) is 2. The summed E-state index contributed by atoms with van der Waals surface area (Å²) in [6.07, 6.45) is 1.63. The lowest BCUT2D eigenvalue weighted by atomic mass is 10.1. The van der Waals surface area contributed by atoms with Gasteiger partial charge in [0, 0.05) is 23.4 Å². The Morgan fingerprint density at radius 2 is 1.42 bits per heavy atom. The first kappa shape index (κ1) is 14.2. The summed E-state index contributed by atoms with van der Waals surface area (Å²) < 4.78 is 2.90. The highest BCUT2D eigenvalue weighted by atomic mass is 16.3. The summed E-state index contributed by atoms with van der Waals surface area (Å²) in [6.45, 7) is 0. The Hall–Kier alpha value is -3.40. The molecule has 24 heavy (non-hydrogen) atoms. The van der Waals surface area contributed by atoms with Crippen LogP contribution in [0.25, 0.3) is 22.5 Å². The van der Waals surface area contributed by atoms with E-state index in [0.717, 1.165) is 0 Å². The summed E-state index contributed by atoms with van der Waals surface area (Å²) >= 11 is 0. The zero-order chi connectivity index (χ0) is 16.5. The largest absolute Gasteiger partial charge is 0.821 e. The van der Waals surface area contributed by atoms with E-state index < -0.39 is 0 Å². The maximum Gasteiger partial charge on any atom is 0.328 e. The SMILES string of the molecule is O=c1c2cccc[n+]2c([O-])c(-c2ccccc2)n1-c1ccccc1. The highest BCUT2D eigenvalue weighted by Crippen LogP contribution is 2.26. The molecule has 0 fully saturated rings. The quantitative estimate of drug-likeness (QED) is 0.533. The first-order chi connectivity index (χ1) is 11.8. The van der Waals surface area contributed by atoms with Gasteiger partial charge in [-0.05, 0) is 18.2 Å². The number of hydrogen-bond donors (Lipinski definition) is 0. The van der Waals surface area contributed by atoms with Crippen molar-refractivity contribution in [2.45, 2.75) is 0 Å². The first-order valence-electron chi connectivity index (χ1n) is 7.64. The molecule has 0 radical (unpaired) electrons. The van der Waals surface area contributed by atoms with E-state index in [-0.39, 0.29) is 11.4 Å². The highest BCUT2D eigenvalue weighted by molar-refractivity contribution is 5.67. The van der Waals surface area contributed by atoms with Crippen LogP contribution in [0.5, 0.6) is 5.88 Å². The molecule has 4 aromatic rings. The molecule has 0 amide bonds. The lowest BCUT2D eigenvalue weighted by Crippen LogP contribution is -2.38. The zero-order valence-corrected chi connectivity index (χ0v) is 12.8. The Bertz CT molecular complexity index is 1070. The minimum atomic E-state index is -0.222. The molecule has 4 nitrogen and oxygen atoms in total. The molecule has 2 aromatic heterocycles. The molecule has 0 bridgehead atoms. The van der Waals surface area contributed by atoms with Gasteiger partial charge in [-0.3, -0.25) is 9.36 Å². The van der Waals surface area contributed by atoms with Crippen molar-refractivity contribution in [2.75, 3.05) is 0 Å². The topological polar surface area (TPSA) is 49.2 Å². The number of benzene rings is 2. The Balaban J connectivity index is 2.21. The van der Waals surface area contributed by atoms with Crippen LogP contribution in [0.2, 0.25) is 0 Å². The van der Waals surface area contributed by atoms with E-state index in [2.05, 4.69) is 0 Å². The Kier molecular flexibility index (Phi) is 3.35. The molecule has 0 saturated carbocycles. The van der Waals surface area contributed by atoms with Crippen LogP contribution in [0.3, 0.4) is 0 Å². The molecule has 0 unspecified atom stereocenters. The average molecular weight is 314 g/mol. The second-order valence-electron chi connectivity index (χ2n) is 5.45. The molecule has 0 saturated heterocycles. The second-order valence-corrected chi connectivity index (χ2v) is 5.45. The molecule has 0 aliphatic carbocycles. The van der Waals surface area contributed by atoms with E-state index in [1.807, 2.05) is 60.7 Å². The van der Waals surface area contributed by atoms with Crippen molar-refractivity contribution < 1.29 is 9.51 Å². The van der Waals surface area contributed by atoms with Crippen LogP contribution in [0, 0.1) is 0 Å². The molecular formula is C20H14N2O2. The smallest absolute Gasteiger partial charge is 0.328 e. The average Bonchev–Trinajstić information content (AvgIpc) is 2.66. The second kappa shape index (κ2) is 5.66. The van der Waals surface area contributed by atoms with Gasteiger partial charge in [0.1, 0.15) is 5.69 Å². The lowest BCUT2D eigenvalue weighted by Gasteiger charge is -2.17. The summed E-state index contributed by atoms with van der Waals surface area (Å²) in [7, 11) is 0. The first-order valence-corrected chi connectivity index (χ1v) is 7.64. The fraction of sp³-hybridized carbons (Fsp3) is 0. The van der Waals surface area contributed by atoms with Gasteiger partial charge in [0.05, 0.1) is 0 Å². The fourth-order valence-corrected chi connectivity index (χ4v) is 2.89. The minimum Gasteiger partial charge on any atom is -0.821 e. The van der Waals surface area contributed by atoms with E-state index in [4.69, 9.17) is 0 Å². The van der Waals surface area contributed by atoms with E-state index in [9.17, 15) is 9.90 Å². The van der Waals surface area contributed by atoms with Crippen LogP contribution in [0.1, 0.15) is 0 Å². The van der Waals surface area contributed by atoms with Gasteiger partial charge in [0.2, 0.25) is 0 Å². The van der Waals surface area contributed by atoms with Crippen LogP contribution in [0.15, 0.2) is 89.9 Å². The fourth-order valence-electron chi connectivity index (χ4n) is 2.89. The highest BCUT2D eigenvalue weighted by Gasteiger charge is 2.20. The predicted molar refractivity (Wildman–Crippen MR) is 90.1 cm³/mol. The van der Waals surface area contributed by atoms with Crippen molar-refractivity contribution in [1.29, 1.82) is 0 Å². The Labute approximate surface area is 138 Å². The molecular weight excluding hydrogens is 300 g/mol. The minimum absolute atomic E-state index is 0.222. The van der Waals surface area contributed by atoms with Crippen LogP contribution < -0.4 is 15.1 Å². The third-order valence-electron chi connectivity index (χ3n) is 3.99. The normalized spacial score (nSPS) is 10.8. The van der Waals surface area contributed by atoms with Gasteiger partial charge in [-0.15, -0.1) is 0 Å². The summed E-state index contributed by atoms with van der Waals surface area (Å²) in [4.78, 5) is 13.1. The molecule has 0 aliphatic heterocycles. The molecule has 0 spiro atoms. The number of aromatic nitrogens is 2. The maximum atomic E-state index is 13.1. The van der Waals surface area contributed by atoms with Crippen molar-refractivity contribution >= 4 is 5.52 Å². The molecule has 4 heteroatoms. The summed E-state index contributed by atoms with van der Waals surface area (Å²) in [5.41, 5.74) is 1.87. The van der Waals surface area contributed by atoms with Crippen LogP contribution in [-0.4, -0.2) is 4.57 Å². The van der Waals surface area contributed by atoms with Gasteiger partial charge in [-0.2, -0.15) is 4.40 Å². The molecule has 0 atom stereocenters. The number of fused-ring (bicyclic) bond motifs is 1. The van der Waals surface area contributed by atoms with E-state index in [0.29, 0.717) is 22.5 Å². The predicted octanol–water partition coefficient (Wildman–Crippen LogP) is 2.32. The van der Waals surface area contributed by atoms with Gasteiger partial charge in [0.15, 0.2) is 12.1 Å². The molecule has 4 rings (SSSR count). The van der Waals surface area contributed by atoms with Gasteiger partial charge in [-0.1, -0.05) is 48.5 Å². The van der Waals surface area contributed by atoms with Crippen LogP contribution in [-0.2, 0) is 0 Å². The summed E-state index contributed by atoms with van der Waals surface area (Å²) in [5.74, 6) is -0.222. The number of para-hydroxylation sites is 1. The third-order valence-corrected chi connectivity index (χ3v) is 3.99. The van der Waals surface area contributed by atoms with Gasteiger partial charge in [0.25, 0.3) is 5.52 Å².